The Labute approximate surface area is 183 Å². The van der Waals surface area contributed by atoms with Gasteiger partial charge in [0.25, 0.3) is 0 Å². The molecule has 1 heterocycles. The van der Waals surface area contributed by atoms with Gasteiger partial charge in [-0.25, -0.2) is 0 Å². The van der Waals surface area contributed by atoms with Crippen molar-refractivity contribution in [2.24, 2.45) is 0 Å². The van der Waals surface area contributed by atoms with Gasteiger partial charge in [0.2, 0.25) is 0 Å². The zero-order valence-electron chi connectivity index (χ0n) is 19.3. The van der Waals surface area contributed by atoms with Crippen LogP contribution in [0.4, 0.5) is 0 Å². The fourth-order valence-corrected chi connectivity index (χ4v) is 14.1. The maximum absolute atomic E-state index is 2.57. The number of hydrogen-bond acceptors (Lipinski definition) is 1. The van der Waals surface area contributed by atoms with Gasteiger partial charge in [0.05, 0.1) is 8.07 Å². The SMILES string of the molecule is Cc1ccc(-c2cc([Si](C(C)C)(C(C)C)C(C)C)c(-c3ccc(C)cc3)s2)cc1. The fraction of sp³-hybridized carbons (Fsp3) is 0.407. The molecule has 0 aliphatic carbocycles. The molecule has 0 bridgehead atoms. The minimum atomic E-state index is -1.76. The predicted octanol–water partition coefficient (Wildman–Crippen LogP) is 8.58. The minimum absolute atomic E-state index is 0.701. The van der Waals surface area contributed by atoms with Crippen LogP contribution in [-0.4, -0.2) is 8.07 Å². The predicted molar refractivity (Wildman–Crippen MR) is 135 cm³/mol. The van der Waals surface area contributed by atoms with Crippen molar-refractivity contribution in [2.45, 2.75) is 72.0 Å². The molecule has 0 fully saturated rings. The molecular weight excluding hydrogens is 384 g/mol. The van der Waals surface area contributed by atoms with Gasteiger partial charge in [-0.3, -0.25) is 0 Å². The van der Waals surface area contributed by atoms with Crippen LogP contribution in [0.15, 0.2) is 54.6 Å². The highest BCUT2D eigenvalue weighted by molar-refractivity contribution is 7.21. The summed E-state index contributed by atoms with van der Waals surface area (Å²) in [7, 11) is -1.76. The van der Waals surface area contributed by atoms with E-state index >= 15 is 0 Å². The Balaban J connectivity index is 2.31. The maximum atomic E-state index is 2.57. The van der Waals surface area contributed by atoms with Gasteiger partial charge >= 0.3 is 0 Å². The molecule has 2 aromatic carbocycles. The van der Waals surface area contributed by atoms with Gasteiger partial charge < -0.3 is 0 Å². The minimum Gasteiger partial charge on any atom is -0.135 e. The van der Waals surface area contributed by atoms with Crippen LogP contribution in [0.5, 0.6) is 0 Å². The van der Waals surface area contributed by atoms with Crippen molar-refractivity contribution in [1.82, 2.24) is 0 Å². The van der Waals surface area contributed by atoms with Crippen molar-refractivity contribution in [1.29, 1.82) is 0 Å². The lowest BCUT2D eigenvalue weighted by molar-refractivity contribution is 0.835. The van der Waals surface area contributed by atoms with Gasteiger partial charge in [0.1, 0.15) is 0 Å². The summed E-state index contributed by atoms with van der Waals surface area (Å²) < 4.78 is 0. The maximum Gasteiger partial charge on any atom is 0.0961 e. The second-order valence-electron chi connectivity index (χ2n) is 9.48. The molecular formula is C27H36SSi. The highest BCUT2D eigenvalue weighted by atomic mass is 32.1. The average molecular weight is 421 g/mol. The van der Waals surface area contributed by atoms with Crippen molar-refractivity contribution < 1.29 is 0 Å². The smallest absolute Gasteiger partial charge is 0.0961 e. The lowest BCUT2D eigenvalue weighted by Crippen LogP contribution is -2.55. The van der Waals surface area contributed by atoms with Crippen LogP contribution in [0.2, 0.25) is 16.6 Å². The van der Waals surface area contributed by atoms with Crippen molar-refractivity contribution in [3.63, 3.8) is 0 Å². The fourth-order valence-electron chi connectivity index (χ4n) is 5.43. The third-order valence-electron chi connectivity index (χ3n) is 6.71. The van der Waals surface area contributed by atoms with E-state index in [2.05, 4.69) is 110 Å². The second-order valence-corrected chi connectivity index (χ2v) is 16.4. The van der Waals surface area contributed by atoms with Gasteiger partial charge in [-0.15, -0.1) is 11.3 Å². The van der Waals surface area contributed by atoms with E-state index in [0.29, 0.717) is 16.6 Å². The molecule has 0 atom stereocenters. The average Bonchev–Trinajstić information content (AvgIpc) is 3.08. The molecule has 0 unspecified atom stereocenters. The summed E-state index contributed by atoms with van der Waals surface area (Å²) in [5, 5.41) is 1.67. The van der Waals surface area contributed by atoms with Crippen molar-refractivity contribution in [2.75, 3.05) is 0 Å². The Morgan fingerprint density at radius 1 is 0.621 bits per heavy atom. The van der Waals surface area contributed by atoms with Crippen LogP contribution >= 0.6 is 11.3 Å². The van der Waals surface area contributed by atoms with Gasteiger partial charge in [0.15, 0.2) is 0 Å². The van der Waals surface area contributed by atoms with E-state index in [9.17, 15) is 0 Å². The molecule has 0 radical (unpaired) electrons. The Morgan fingerprint density at radius 3 is 1.45 bits per heavy atom. The molecule has 3 aromatic rings. The van der Waals surface area contributed by atoms with Crippen LogP contribution in [-0.2, 0) is 0 Å². The van der Waals surface area contributed by atoms with Gasteiger partial charge in [-0.1, -0.05) is 101 Å². The Morgan fingerprint density at radius 2 is 1.03 bits per heavy atom. The highest BCUT2D eigenvalue weighted by Gasteiger charge is 2.46. The number of aryl methyl sites for hydroxylation is 2. The lowest BCUT2D eigenvalue weighted by Gasteiger charge is -2.43. The third kappa shape index (κ3) is 4.02. The quantitative estimate of drug-likeness (QED) is 0.350. The Kier molecular flexibility index (Phi) is 6.55. The summed E-state index contributed by atoms with van der Waals surface area (Å²) in [6.07, 6.45) is 0. The van der Waals surface area contributed by atoms with Gasteiger partial charge in [-0.2, -0.15) is 0 Å². The zero-order chi connectivity index (χ0) is 21.3. The number of thiophene rings is 1. The van der Waals surface area contributed by atoms with E-state index in [0.717, 1.165) is 0 Å². The summed E-state index contributed by atoms with van der Waals surface area (Å²) in [4.78, 5) is 2.91. The van der Waals surface area contributed by atoms with E-state index in [-0.39, 0.29) is 0 Å². The van der Waals surface area contributed by atoms with E-state index in [1.807, 2.05) is 11.3 Å². The van der Waals surface area contributed by atoms with Crippen LogP contribution in [0.25, 0.3) is 20.9 Å². The molecule has 0 saturated carbocycles. The van der Waals surface area contributed by atoms with E-state index < -0.39 is 8.07 Å². The first-order chi connectivity index (χ1) is 13.7. The molecule has 0 aliphatic heterocycles. The zero-order valence-corrected chi connectivity index (χ0v) is 21.2. The highest BCUT2D eigenvalue weighted by Crippen LogP contribution is 2.46. The standard InChI is InChI=1S/C27H36SSi/c1-18(2)29(19(3)4,20(5)6)26-17-25(23-13-9-21(7)10-14-23)28-27(26)24-15-11-22(8)12-16-24/h9-20H,1-8H3. The van der Waals surface area contributed by atoms with Crippen LogP contribution < -0.4 is 5.19 Å². The molecule has 0 nitrogen and oxygen atoms in total. The lowest BCUT2D eigenvalue weighted by atomic mass is 10.1. The first-order valence-corrected chi connectivity index (χ1v) is 14.0. The summed E-state index contributed by atoms with van der Waals surface area (Å²) in [6.45, 7) is 19.1. The number of hydrogen-bond donors (Lipinski definition) is 0. The van der Waals surface area contributed by atoms with Crippen LogP contribution in [0.3, 0.4) is 0 Å². The van der Waals surface area contributed by atoms with E-state index in [4.69, 9.17) is 0 Å². The second kappa shape index (κ2) is 8.61. The molecule has 0 saturated heterocycles. The molecule has 1 aromatic heterocycles. The van der Waals surface area contributed by atoms with Crippen LogP contribution in [0.1, 0.15) is 52.7 Å². The molecule has 154 valence electrons. The first kappa shape index (κ1) is 22.1. The topological polar surface area (TPSA) is 0 Å². The molecule has 2 heteroatoms. The molecule has 3 rings (SSSR count). The van der Waals surface area contributed by atoms with Crippen molar-refractivity contribution >= 4 is 24.6 Å². The summed E-state index contributed by atoms with van der Waals surface area (Å²) in [5.41, 5.74) is 7.48. The molecule has 0 N–H and O–H groups in total. The first-order valence-electron chi connectivity index (χ1n) is 11.0. The third-order valence-corrected chi connectivity index (χ3v) is 15.2. The van der Waals surface area contributed by atoms with Crippen molar-refractivity contribution in [3.05, 3.63) is 65.7 Å². The Hall–Kier alpha value is -1.64. The Bertz CT molecular complexity index is 921. The molecule has 0 aliphatic rings. The largest absolute Gasteiger partial charge is 0.135 e. The summed E-state index contributed by atoms with van der Waals surface area (Å²) in [6, 6.07) is 20.8. The summed E-state index contributed by atoms with van der Waals surface area (Å²) >= 11 is 1.99. The molecule has 0 spiro atoms. The van der Waals surface area contributed by atoms with Crippen LogP contribution in [0, 0.1) is 13.8 Å². The monoisotopic (exact) mass is 420 g/mol. The van der Waals surface area contributed by atoms with E-state index in [1.165, 1.54) is 32.0 Å². The summed E-state index contributed by atoms with van der Waals surface area (Å²) in [5.74, 6) is 0. The van der Waals surface area contributed by atoms with E-state index in [1.54, 1.807) is 5.19 Å². The molecule has 29 heavy (non-hydrogen) atoms. The molecule has 0 amide bonds. The van der Waals surface area contributed by atoms with Crippen molar-refractivity contribution in [3.8, 4) is 20.9 Å². The normalized spacial score (nSPS) is 12.4. The number of benzene rings is 2. The van der Waals surface area contributed by atoms with Gasteiger partial charge in [0, 0.05) is 9.75 Å². The van der Waals surface area contributed by atoms with Gasteiger partial charge in [-0.05, 0) is 52.9 Å². The number of rotatable bonds is 6.